The van der Waals surface area contributed by atoms with Crippen LogP contribution in [-0.4, -0.2) is 31.2 Å². The summed E-state index contributed by atoms with van der Waals surface area (Å²) in [6, 6.07) is 4.31. The number of ether oxygens (including phenoxy) is 2. The van der Waals surface area contributed by atoms with Crippen LogP contribution in [0.25, 0.3) is 0 Å². The van der Waals surface area contributed by atoms with E-state index in [0.717, 1.165) is 0 Å². The molecule has 0 aliphatic carbocycles. The zero-order valence-electron chi connectivity index (χ0n) is 12.0. The number of esters is 1. The Hall–Kier alpha value is -2.21. The van der Waals surface area contributed by atoms with E-state index in [4.69, 9.17) is 9.47 Å². The lowest BCUT2D eigenvalue weighted by atomic mass is 10.2. The molecule has 0 fully saturated rings. The van der Waals surface area contributed by atoms with Gasteiger partial charge in [0.05, 0.1) is 6.61 Å². The van der Waals surface area contributed by atoms with Crippen molar-refractivity contribution in [3.05, 3.63) is 42.2 Å². The molecule has 0 spiro atoms. The highest BCUT2D eigenvalue weighted by Gasteiger charge is 2.16. The van der Waals surface area contributed by atoms with Crippen LogP contribution in [0.4, 0.5) is 10.1 Å². The van der Waals surface area contributed by atoms with E-state index in [0.29, 0.717) is 11.3 Å². The molecule has 0 aliphatic rings. The van der Waals surface area contributed by atoms with Crippen molar-refractivity contribution in [3.63, 3.8) is 0 Å². The maximum absolute atomic E-state index is 13.3. The Bertz CT molecular complexity index is 530. The summed E-state index contributed by atoms with van der Waals surface area (Å²) in [5, 5.41) is 2.43. The van der Waals surface area contributed by atoms with Gasteiger partial charge in [0.25, 0.3) is 5.91 Å². The molecular weight excluding hydrogens is 277 g/mol. The molecule has 0 saturated heterocycles. The highest BCUT2D eigenvalue weighted by atomic mass is 19.1. The largest absolute Gasteiger partial charge is 0.454 e. The average Bonchev–Trinajstić information content (AvgIpc) is 2.46. The summed E-state index contributed by atoms with van der Waals surface area (Å²) in [4.78, 5) is 23.1. The number of carbonyl (C=O) groups excluding carboxylic acids is 2. The number of carbonyl (C=O) groups is 2. The fourth-order valence-electron chi connectivity index (χ4n) is 1.40. The van der Waals surface area contributed by atoms with Crippen LogP contribution in [0.5, 0.6) is 0 Å². The molecule has 1 aromatic rings. The summed E-state index contributed by atoms with van der Waals surface area (Å²) in [6.45, 7) is 6.34. The van der Waals surface area contributed by atoms with E-state index in [9.17, 15) is 14.0 Å². The molecule has 0 heterocycles. The molecule has 0 bridgehead atoms. The maximum Gasteiger partial charge on any atom is 0.335 e. The smallest absolute Gasteiger partial charge is 0.335 e. The maximum atomic E-state index is 13.3. The molecule has 114 valence electrons. The fourth-order valence-corrected chi connectivity index (χ4v) is 1.40. The molecular formula is C15H18FNO4. The standard InChI is InChI=1S/C15H18FNO4/c1-4-7-20-11(3)15(19)21-9-14(18)17-12-6-5-10(2)13(16)8-12/h4-6,8,11H,1,7,9H2,2-3H3,(H,17,18). The molecule has 1 rings (SSSR count). The van der Waals surface area contributed by atoms with Crippen LogP contribution in [-0.2, 0) is 19.1 Å². The fraction of sp³-hybridized carbons (Fsp3) is 0.333. The molecule has 1 atom stereocenters. The zero-order valence-corrected chi connectivity index (χ0v) is 12.0. The van der Waals surface area contributed by atoms with E-state index in [-0.39, 0.29) is 6.61 Å². The number of anilines is 1. The molecule has 1 amide bonds. The zero-order chi connectivity index (χ0) is 15.8. The van der Waals surface area contributed by atoms with Crippen LogP contribution < -0.4 is 5.32 Å². The molecule has 0 aromatic heterocycles. The van der Waals surface area contributed by atoms with Gasteiger partial charge < -0.3 is 14.8 Å². The SMILES string of the molecule is C=CCOC(C)C(=O)OCC(=O)Nc1ccc(C)c(F)c1. The van der Waals surface area contributed by atoms with Gasteiger partial charge in [-0.3, -0.25) is 4.79 Å². The third kappa shape index (κ3) is 5.74. The average molecular weight is 295 g/mol. The van der Waals surface area contributed by atoms with Crippen molar-refractivity contribution in [2.24, 2.45) is 0 Å². The van der Waals surface area contributed by atoms with Gasteiger partial charge in [-0.05, 0) is 31.5 Å². The molecule has 0 saturated carbocycles. The van der Waals surface area contributed by atoms with Gasteiger partial charge in [0, 0.05) is 5.69 Å². The van der Waals surface area contributed by atoms with Gasteiger partial charge in [-0.15, -0.1) is 6.58 Å². The van der Waals surface area contributed by atoms with Gasteiger partial charge in [0.1, 0.15) is 5.82 Å². The number of rotatable bonds is 7. The highest BCUT2D eigenvalue weighted by molar-refractivity contribution is 5.93. The number of benzene rings is 1. The Morgan fingerprint density at radius 1 is 1.48 bits per heavy atom. The van der Waals surface area contributed by atoms with Gasteiger partial charge >= 0.3 is 5.97 Å². The Morgan fingerprint density at radius 3 is 2.81 bits per heavy atom. The molecule has 6 heteroatoms. The second-order valence-corrected chi connectivity index (χ2v) is 4.38. The van der Waals surface area contributed by atoms with Crippen molar-refractivity contribution in [2.45, 2.75) is 20.0 Å². The molecule has 5 nitrogen and oxygen atoms in total. The van der Waals surface area contributed by atoms with Crippen molar-refractivity contribution in [1.29, 1.82) is 0 Å². The van der Waals surface area contributed by atoms with Gasteiger partial charge in [0.2, 0.25) is 0 Å². The van der Waals surface area contributed by atoms with Crippen LogP contribution in [0, 0.1) is 12.7 Å². The summed E-state index contributed by atoms with van der Waals surface area (Å²) < 4.78 is 23.1. The summed E-state index contributed by atoms with van der Waals surface area (Å²) in [6.07, 6.45) is 0.718. The number of amides is 1. The van der Waals surface area contributed by atoms with Crippen molar-refractivity contribution in [2.75, 3.05) is 18.5 Å². The first-order chi connectivity index (χ1) is 9.93. The lowest BCUT2D eigenvalue weighted by Crippen LogP contribution is -2.28. The summed E-state index contributed by atoms with van der Waals surface area (Å²) >= 11 is 0. The van der Waals surface area contributed by atoms with Gasteiger partial charge in [-0.25, -0.2) is 9.18 Å². The van der Waals surface area contributed by atoms with Crippen LogP contribution in [0.1, 0.15) is 12.5 Å². The van der Waals surface area contributed by atoms with Crippen molar-refractivity contribution >= 4 is 17.6 Å². The first-order valence-corrected chi connectivity index (χ1v) is 6.39. The molecule has 0 aliphatic heterocycles. The van der Waals surface area contributed by atoms with Crippen LogP contribution in [0.15, 0.2) is 30.9 Å². The lowest BCUT2D eigenvalue weighted by molar-refractivity contribution is -0.157. The normalized spacial score (nSPS) is 11.6. The minimum atomic E-state index is -0.785. The summed E-state index contributed by atoms with van der Waals surface area (Å²) in [5.74, 6) is -1.62. The predicted octanol–water partition coefficient (Wildman–Crippen LogP) is 2.21. The van der Waals surface area contributed by atoms with Crippen molar-refractivity contribution < 1.29 is 23.5 Å². The first kappa shape index (κ1) is 16.8. The second kappa shape index (κ2) is 8.16. The first-order valence-electron chi connectivity index (χ1n) is 6.39. The van der Waals surface area contributed by atoms with E-state index >= 15 is 0 Å². The van der Waals surface area contributed by atoms with Gasteiger partial charge in [-0.2, -0.15) is 0 Å². The van der Waals surface area contributed by atoms with Crippen molar-refractivity contribution in [3.8, 4) is 0 Å². The monoisotopic (exact) mass is 295 g/mol. The minimum absolute atomic E-state index is 0.213. The predicted molar refractivity (Wildman–Crippen MR) is 76.3 cm³/mol. The van der Waals surface area contributed by atoms with Crippen molar-refractivity contribution in [1.82, 2.24) is 0 Å². The molecule has 1 aromatic carbocycles. The van der Waals surface area contributed by atoms with Gasteiger partial charge in [0.15, 0.2) is 12.7 Å². The summed E-state index contributed by atoms with van der Waals surface area (Å²) in [5.41, 5.74) is 0.780. The number of hydrogen-bond acceptors (Lipinski definition) is 4. The van der Waals surface area contributed by atoms with E-state index in [1.807, 2.05) is 0 Å². The Labute approximate surface area is 122 Å². The number of halogens is 1. The Kier molecular flexibility index (Phi) is 6.55. The van der Waals surface area contributed by atoms with Crippen LogP contribution in [0.2, 0.25) is 0 Å². The third-order valence-electron chi connectivity index (χ3n) is 2.60. The Morgan fingerprint density at radius 2 is 2.19 bits per heavy atom. The third-order valence-corrected chi connectivity index (χ3v) is 2.60. The summed E-state index contributed by atoms with van der Waals surface area (Å²) in [7, 11) is 0. The topological polar surface area (TPSA) is 64.6 Å². The molecule has 21 heavy (non-hydrogen) atoms. The molecule has 1 unspecified atom stereocenters. The molecule has 1 N–H and O–H groups in total. The second-order valence-electron chi connectivity index (χ2n) is 4.38. The van der Waals surface area contributed by atoms with E-state index < -0.39 is 30.4 Å². The number of nitrogens with one attached hydrogen (secondary N) is 1. The van der Waals surface area contributed by atoms with E-state index in [1.54, 1.807) is 19.1 Å². The lowest BCUT2D eigenvalue weighted by Gasteiger charge is -2.11. The number of aryl methyl sites for hydroxylation is 1. The Balaban J connectivity index is 2.41. The van der Waals surface area contributed by atoms with Gasteiger partial charge in [-0.1, -0.05) is 12.1 Å². The molecule has 0 radical (unpaired) electrons. The van der Waals surface area contributed by atoms with E-state index in [1.165, 1.54) is 19.1 Å². The van der Waals surface area contributed by atoms with Crippen LogP contribution >= 0.6 is 0 Å². The van der Waals surface area contributed by atoms with E-state index in [2.05, 4.69) is 11.9 Å². The quantitative estimate of drug-likeness (QED) is 0.619. The number of hydrogen-bond donors (Lipinski definition) is 1. The minimum Gasteiger partial charge on any atom is -0.454 e. The highest BCUT2D eigenvalue weighted by Crippen LogP contribution is 2.13. The van der Waals surface area contributed by atoms with Crippen LogP contribution in [0.3, 0.4) is 0 Å².